The van der Waals surface area contributed by atoms with Crippen LogP contribution in [-0.4, -0.2) is 46.9 Å². The summed E-state index contributed by atoms with van der Waals surface area (Å²) in [6.07, 6.45) is 1.40. The molecular weight excluding hydrogens is 383 g/mol. The van der Waals surface area contributed by atoms with Crippen LogP contribution in [0.1, 0.15) is 10.4 Å². The second kappa shape index (κ2) is 8.30. The van der Waals surface area contributed by atoms with Crippen LogP contribution in [0.25, 0.3) is 10.2 Å². The van der Waals surface area contributed by atoms with Crippen molar-refractivity contribution in [3.05, 3.63) is 46.9 Å². The molecule has 3 aromatic rings. The number of ether oxygens (including phenoxy) is 1. The summed E-state index contributed by atoms with van der Waals surface area (Å²) in [6.45, 7) is 3.54. The van der Waals surface area contributed by atoms with Crippen molar-refractivity contribution >= 4 is 39.1 Å². The number of fused-ring (bicyclic) bond motifs is 1. The number of hydrogen-bond acceptors (Lipinski definition) is 6. The van der Waals surface area contributed by atoms with Crippen LogP contribution in [0.15, 0.2) is 30.6 Å². The first kappa shape index (κ1) is 19.7. The van der Waals surface area contributed by atoms with E-state index in [1.165, 1.54) is 42.5 Å². The molecule has 2 amide bonds. The van der Waals surface area contributed by atoms with Crippen molar-refractivity contribution in [3.63, 3.8) is 0 Å². The summed E-state index contributed by atoms with van der Waals surface area (Å²) >= 11 is 1.54. The van der Waals surface area contributed by atoms with Crippen molar-refractivity contribution in [1.29, 1.82) is 0 Å². The molecule has 9 heteroatoms. The number of thiophene rings is 1. The highest BCUT2D eigenvalue weighted by Crippen LogP contribution is 2.33. The fraction of sp³-hybridized carbons (Fsp3) is 0.263. The molecule has 0 bridgehead atoms. The molecule has 2 aromatic heterocycles. The molecule has 0 aliphatic carbocycles. The number of aromatic nitrogens is 2. The topological polar surface area (TPSA) is 84.4 Å². The van der Waals surface area contributed by atoms with Crippen LogP contribution in [0.3, 0.4) is 0 Å². The Hall–Kier alpha value is -3.07. The van der Waals surface area contributed by atoms with E-state index < -0.39 is 11.7 Å². The summed E-state index contributed by atoms with van der Waals surface area (Å²) in [5.41, 5.74) is 1.48. The Morgan fingerprint density at radius 1 is 1.21 bits per heavy atom. The number of anilines is 1. The standard InChI is InChI=1S/C19H19FN4O3S/c1-11-12(2)28-19-17(11)18(21-10-22-19)27-9-16(26)24(3)8-15(25)23-14-6-4-13(20)5-7-14/h4-7,10H,8-9H2,1-3H3,(H,23,25). The summed E-state index contributed by atoms with van der Waals surface area (Å²) < 4.78 is 18.5. The molecule has 1 N–H and O–H groups in total. The van der Waals surface area contributed by atoms with Gasteiger partial charge in [0.1, 0.15) is 17.0 Å². The minimum absolute atomic E-state index is 0.157. The summed E-state index contributed by atoms with van der Waals surface area (Å²) in [4.78, 5) is 35.9. The number of likely N-dealkylation sites (N-methyl/N-ethyl adjacent to an activating group) is 1. The van der Waals surface area contributed by atoms with Crippen molar-refractivity contribution in [2.75, 3.05) is 25.5 Å². The lowest BCUT2D eigenvalue weighted by Crippen LogP contribution is -2.37. The Morgan fingerprint density at radius 3 is 2.64 bits per heavy atom. The molecule has 3 rings (SSSR count). The summed E-state index contributed by atoms with van der Waals surface area (Å²) in [5, 5.41) is 3.40. The minimum Gasteiger partial charge on any atom is -0.467 e. The third kappa shape index (κ3) is 4.42. The van der Waals surface area contributed by atoms with Gasteiger partial charge in [-0.15, -0.1) is 11.3 Å². The first-order valence-electron chi connectivity index (χ1n) is 8.48. The van der Waals surface area contributed by atoms with Crippen molar-refractivity contribution in [2.24, 2.45) is 0 Å². The van der Waals surface area contributed by atoms with Crippen LogP contribution in [0.4, 0.5) is 10.1 Å². The Balaban J connectivity index is 1.57. The Bertz CT molecular complexity index is 1020. The smallest absolute Gasteiger partial charge is 0.260 e. The fourth-order valence-electron chi connectivity index (χ4n) is 2.54. The van der Waals surface area contributed by atoms with Gasteiger partial charge in [-0.2, -0.15) is 0 Å². The molecular formula is C19H19FN4O3S. The second-order valence-corrected chi connectivity index (χ2v) is 7.44. The van der Waals surface area contributed by atoms with Crippen molar-refractivity contribution < 1.29 is 18.7 Å². The van der Waals surface area contributed by atoms with Gasteiger partial charge in [0.25, 0.3) is 5.91 Å². The molecule has 0 saturated heterocycles. The van der Waals surface area contributed by atoms with Gasteiger partial charge in [0.05, 0.1) is 11.9 Å². The monoisotopic (exact) mass is 402 g/mol. The predicted molar refractivity (Wildman–Crippen MR) is 105 cm³/mol. The molecule has 0 fully saturated rings. The largest absolute Gasteiger partial charge is 0.467 e. The zero-order chi connectivity index (χ0) is 20.3. The lowest BCUT2D eigenvalue weighted by atomic mass is 10.2. The van der Waals surface area contributed by atoms with Crippen molar-refractivity contribution in [2.45, 2.75) is 13.8 Å². The van der Waals surface area contributed by atoms with Gasteiger partial charge in [-0.05, 0) is 43.7 Å². The number of benzene rings is 1. The van der Waals surface area contributed by atoms with Gasteiger partial charge in [0.15, 0.2) is 6.61 Å². The maximum absolute atomic E-state index is 12.9. The van der Waals surface area contributed by atoms with Crippen LogP contribution >= 0.6 is 11.3 Å². The van der Waals surface area contributed by atoms with Gasteiger partial charge in [0, 0.05) is 17.6 Å². The molecule has 0 aliphatic rings. The van der Waals surface area contributed by atoms with Gasteiger partial charge in [0.2, 0.25) is 11.8 Å². The van der Waals surface area contributed by atoms with E-state index in [1.54, 1.807) is 11.3 Å². The van der Waals surface area contributed by atoms with Crippen LogP contribution in [0.5, 0.6) is 5.88 Å². The second-order valence-electron chi connectivity index (χ2n) is 6.24. The third-order valence-electron chi connectivity index (χ3n) is 4.20. The predicted octanol–water partition coefficient (Wildman–Crippen LogP) is 2.92. The number of carbonyl (C=O) groups is 2. The van der Waals surface area contributed by atoms with Crippen LogP contribution in [-0.2, 0) is 9.59 Å². The van der Waals surface area contributed by atoms with Gasteiger partial charge >= 0.3 is 0 Å². The van der Waals surface area contributed by atoms with Crippen LogP contribution < -0.4 is 10.1 Å². The molecule has 146 valence electrons. The molecule has 28 heavy (non-hydrogen) atoms. The number of nitrogens with zero attached hydrogens (tertiary/aromatic N) is 3. The van der Waals surface area contributed by atoms with E-state index in [0.717, 1.165) is 20.7 Å². The highest BCUT2D eigenvalue weighted by atomic mass is 32.1. The van der Waals surface area contributed by atoms with Crippen LogP contribution in [0.2, 0.25) is 0 Å². The summed E-state index contributed by atoms with van der Waals surface area (Å²) in [6, 6.07) is 5.39. The number of amides is 2. The SMILES string of the molecule is Cc1sc2ncnc(OCC(=O)N(C)CC(=O)Nc3ccc(F)cc3)c2c1C. The van der Waals surface area contributed by atoms with E-state index in [0.29, 0.717) is 11.6 Å². The van der Waals surface area contributed by atoms with E-state index >= 15 is 0 Å². The maximum Gasteiger partial charge on any atom is 0.260 e. The zero-order valence-corrected chi connectivity index (χ0v) is 16.5. The van der Waals surface area contributed by atoms with E-state index in [2.05, 4.69) is 15.3 Å². The van der Waals surface area contributed by atoms with Gasteiger partial charge in [-0.3, -0.25) is 9.59 Å². The molecule has 0 atom stereocenters. The molecule has 0 spiro atoms. The maximum atomic E-state index is 12.9. The summed E-state index contributed by atoms with van der Waals surface area (Å²) in [7, 11) is 1.51. The van der Waals surface area contributed by atoms with Crippen molar-refractivity contribution in [1.82, 2.24) is 14.9 Å². The molecule has 0 unspecified atom stereocenters. The Kier molecular flexibility index (Phi) is 5.84. The zero-order valence-electron chi connectivity index (χ0n) is 15.7. The molecule has 7 nitrogen and oxygen atoms in total. The normalized spacial score (nSPS) is 10.7. The average molecular weight is 402 g/mol. The number of aryl methyl sites for hydroxylation is 2. The number of carbonyl (C=O) groups excluding carboxylic acids is 2. The number of hydrogen-bond donors (Lipinski definition) is 1. The van der Waals surface area contributed by atoms with E-state index in [1.807, 2.05) is 13.8 Å². The number of nitrogens with one attached hydrogen (secondary N) is 1. The molecule has 1 aromatic carbocycles. The number of rotatable bonds is 6. The molecule has 0 radical (unpaired) electrons. The molecule has 0 aliphatic heterocycles. The van der Waals surface area contributed by atoms with Crippen molar-refractivity contribution in [3.8, 4) is 5.88 Å². The highest BCUT2D eigenvalue weighted by molar-refractivity contribution is 7.18. The molecule has 2 heterocycles. The first-order chi connectivity index (χ1) is 13.3. The van der Waals surface area contributed by atoms with E-state index in [9.17, 15) is 14.0 Å². The van der Waals surface area contributed by atoms with Gasteiger partial charge in [-0.1, -0.05) is 0 Å². The van der Waals surface area contributed by atoms with Gasteiger partial charge in [-0.25, -0.2) is 14.4 Å². The van der Waals surface area contributed by atoms with E-state index in [4.69, 9.17) is 4.74 Å². The highest BCUT2D eigenvalue weighted by Gasteiger charge is 2.17. The van der Waals surface area contributed by atoms with Gasteiger partial charge < -0.3 is 15.0 Å². The number of halogens is 1. The lowest BCUT2D eigenvalue weighted by molar-refractivity contribution is -0.135. The average Bonchev–Trinajstić information content (AvgIpc) is 2.96. The van der Waals surface area contributed by atoms with Crippen LogP contribution in [0, 0.1) is 19.7 Å². The Labute approximate surface area is 165 Å². The Morgan fingerprint density at radius 2 is 1.93 bits per heavy atom. The molecule has 0 saturated carbocycles. The lowest BCUT2D eigenvalue weighted by Gasteiger charge is -2.17. The minimum atomic E-state index is -0.392. The van der Waals surface area contributed by atoms with E-state index in [-0.39, 0.29) is 19.1 Å². The first-order valence-corrected chi connectivity index (χ1v) is 9.29. The quantitative estimate of drug-likeness (QED) is 0.685. The summed E-state index contributed by atoms with van der Waals surface area (Å²) in [5.74, 6) is -0.802. The fourth-order valence-corrected chi connectivity index (χ4v) is 3.52. The third-order valence-corrected chi connectivity index (χ3v) is 5.31.